The zero-order chi connectivity index (χ0) is 15.6. The van der Waals surface area contributed by atoms with E-state index in [2.05, 4.69) is 15.9 Å². The molecular formula is C14H20BrClN2O2S. The molecule has 1 heterocycles. The van der Waals surface area contributed by atoms with E-state index < -0.39 is 10.0 Å². The van der Waals surface area contributed by atoms with Crippen molar-refractivity contribution in [3.05, 3.63) is 28.2 Å². The lowest BCUT2D eigenvalue weighted by molar-refractivity contribution is 0.291. The maximum absolute atomic E-state index is 12.9. The van der Waals surface area contributed by atoms with Crippen LogP contribution in [0, 0.1) is 0 Å². The number of hydrogen-bond acceptors (Lipinski definition) is 3. The summed E-state index contributed by atoms with van der Waals surface area (Å²) in [5.41, 5.74) is 0.807. The highest BCUT2D eigenvalue weighted by Crippen LogP contribution is 2.31. The molecule has 1 atom stereocenters. The maximum atomic E-state index is 12.9. The standard InChI is InChI=1S/C14H20BrClN2O2S/c1-17(2)10-12-4-3-7-18(12)21(19,20)14-8-11(9-16)5-6-13(14)15/h5-6,8,12H,3-4,7,9-10H2,1-2H3. The summed E-state index contributed by atoms with van der Waals surface area (Å²) >= 11 is 9.18. The van der Waals surface area contributed by atoms with Crippen LogP contribution in [0.25, 0.3) is 0 Å². The van der Waals surface area contributed by atoms with Gasteiger partial charge in [0.1, 0.15) is 0 Å². The lowest BCUT2D eigenvalue weighted by Gasteiger charge is -2.27. The van der Waals surface area contributed by atoms with Gasteiger partial charge in [0.15, 0.2) is 0 Å². The van der Waals surface area contributed by atoms with Crippen LogP contribution in [0.3, 0.4) is 0 Å². The van der Waals surface area contributed by atoms with Crippen molar-refractivity contribution in [3.8, 4) is 0 Å². The summed E-state index contributed by atoms with van der Waals surface area (Å²) in [6, 6.07) is 5.28. The van der Waals surface area contributed by atoms with Crippen molar-refractivity contribution in [2.45, 2.75) is 29.7 Å². The molecule has 1 aromatic rings. The number of alkyl halides is 1. The SMILES string of the molecule is CN(C)CC1CCCN1S(=O)(=O)c1cc(CCl)ccc1Br. The van der Waals surface area contributed by atoms with Gasteiger partial charge >= 0.3 is 0 Å². The molecule has 7 heteroatoms. The van der Waals surface area contributed by atoms with E-state index in [0.717, 1.165) is 24.9 Å². The fourth-order valence-corrected chi connectivity index (χ4v) is 5.51. The molecule has 2 rings (SSSR count). The lowest BCUT2D eigenvalue weighted by atomic mass is 10.2. The molecule has 0 aromatic heterocycles. The predicted octanol–water partition coefficient (Wildman–Crippen LogP) is 2.90. The number of benzene rings is 1. The summed E-state index contributed by atoms with van der Waals surface area (Å²) < 4.78 is 28.1. The first-order valence-corrected chi connectivity index (χ1v) is 9.64. The molecule has 1 aromatic carbocycles. The molecular weight excluding hydrogens is 376 g/mol. The van der Waals surface area contributed by atoms with Gasteiger partial charge in [-0.15, -0.1) is 11.6 Å². The average molecular weight is 396 g/mol. The third-order valence-corrected chi connectivity index (χ3v) is 6.89. The second kappa shape index (κ2) is 6.96. The molecule has 0 spiro atoms. The van der Waals surface area contributed by atoms with Crippen LogP contribution < -0.4 is 0 Å². The predicted molar refractivity (Wildman–Crippen MR) is 89.2 cm³/mol. The Balaban J connectivity index is 2.37. The molecule has 1 aliphatic heterocycles. The molecule has 0 N–H and O–H groups in total. The Labute approximate surface area is 140 Å². The highest BCUT2D eigenvalue weighted by Gasteiger charge is 2.36. The fraction of sp³-hybridized carbons (Fsp3) is 0.571. The first kappa shape index (κ1) is 17.2. The second-order valence-corrected chi connectivity index (χ2v) is 8.55. The average Bonchev–Trinajstić information content (AvgIpc) is 2.87. The van der Waals surface area contributed by atoms with E-state index >= 15 is 0 Å². The van der Waals surface area contributed by atoms with Crippen molar-refractivity contribution in [2.24, 2.45) is 0 Å². The lowest BCUT2D eigenvalue weighted by Crippen LogP contribution is -2.41. The van der Waals surface area contributed by atoms with Crippen LogP contribution in [-0.2, 0) is 15.9 Å². The first-order valence-electron chi connectivity index (χ1n) is 6.87. The minimum absolute atomic E-state index is 0.0385. The maximum Gasteiger partial charge on any atom is 0.244 e. The number of hydrogen-bond donors (Lipinski definition) is 0. The van der Waals surface area contributed by atoms with Crippen LogP contribution in [-0.4, -0.2) is 50.8 Å². The van der Waals surface area contributed by atoms with Crippen LogP contribution in [0.15, 0.2) is 27.6 Å². The molecule has 1 unspecified atom stereocenters. The van der Waals surface area contributed by atoms with E-state index in [1.165, 1.54) is 0 Å². The molecule has 0 radical (unpaired) electrons. The normalized spacial score (nSPS) is 20.3. The van der Waals surface area contributed by atoms with Gasteiger partial charge in [-0.05, 0) is 60.6 Å². The number of sulfonamides is 1. The van der Waals surface area contributed by atoms with Crippen molar-refractivity contribution in [2.75, 3.05) is 27.2 Å². The third-order valence-electron chi connectivity index (χ3n) is 3.64. The summed E-state index contributed by atoms with van der Waals surface area (Å²) in [7, 11) is 0.435. The number of rotatable bonds is 5. The smallest absolute Gasteiger partial charge is 0.244 e. The molecule has 4 nitrogen and oxygen atoms in total. The van der Waals surface area contributed by atoms with Crippen LogP contribution in [0.4, 0.5) is 0 Å². The molecule has 1 fully saturated rings. The summed E-state index contributed by atoms with van der Waals surface area (Å²) in [6.07, 6.45) is 1.81. The fourth-order valence-electron chi connectivity index (χ4n) is 2.68. The Morgan fingerprint density at radius 2 is 2.14 bits per heavy atom. The Bertz CT molecular complexity index is 607. The van der Waals surface area contributed by atoms with Gasteiger partial charge in [-0.1, -0.05) is 6.07 Å². The van der Waals surface area contributed by atoms with Gasteiger partial charge in [0.2, 0.25) is 10.0 Å². The number of nitrogens with zero attached hydrogens (tertiary/aromatic N) is 2. The van der Waals surface area contributed by atoms with Gasteiger partial charge in [-0.3, -0.25) is 0 Å². The van der Waals surface area contributed by atoms with Crippen LogP contribution in [0.1, 0.15) is 18.4 Å². The quantitative estimate of drug-likeness (QED) is 0.720. The van der Waals surface area contributed by atoms with Crippen molar-refractivity contribution in [1.82, 2.24) is 9.21 Å². The Kier molecular flexibility index (Phi) is 5.71. The van der Waals surface area contributed by atoms with E-state index in [1.54, 1.807) is 16.4 Å². The molecule has 118 valence electrons. The van der Waals surface area contributed by atoms with Gasteiger partial charge in [0.05, 0.1) is 4.90 Å². The van der Waals surface area contributed by atoms with Crippen molar-refractivity contribution in [3.63, 3.8) is 0 Å². The van der Waals surface area contributed by atoms with Crippen LogP contribution in [0.5, 0.6) is 0 Å². The monoisotopic (exact) mass is 394 g/mol. The van der Waals surface area contributed by atoms with Gasteiger partial charge in [-0.2, -0.15) is 4.31 Å². The molecule has 0 bridgehead atoms. The highest BCUT2D eigenvalue weighted by molar-refractivity contribution is 9.10. The van der Waals surface area contributed by atoms with Crippen molar-refractivity contribution < 1.29 is 8.42 Å². The minimum Gasteiger partial charge on any atom is -0.308 e. The summed E-state index contributed by atoms with van der Waals surface area (Å²) in [4.78, 5) is 2.34. The topological polar surface area (TPSA) is 40.6 Å². The zero-order valence-electron chi connectivity index (χ0n) is 12.2. The van der Waals surface area contributed by atoms with Gasteiger partial charge in [0, 0.05) is 29.5 Å². The minimum atomic E-state index is -3.50. The van der Waals surface area contributed by atoms with E-state index in [1.807, 2.05) is 25.1 Å². The van der Waals surface area contributed by atoms with Crippen LogP contribution in [0.2, 0.25) is 0 Å². The number of likely N-dealkylation sites (N-methyl/N-ethyl adjacent to an activating group) is 1. The summed E-state index contributed by atoms with van der Waals surface area (Å²) in [5.74, 6) is 0.303. The van der Waals surface area contributed by atoms with E-state index in [-0.39, 0.29) is 6.04 Å². The highest BCUT2D eigenvalue weighted by atomic mass is 79.9. The van der Waals surface area contributed by atoms with E-state index in [4.69, 9.17) is 11.6 Å². The Hall–Kier alpha value is -0.140. The van der Waals surface area contributed by atoms with E-state index in [9.17, 15) is 8.42 Å². The molecule has 1 aliphatic rings. The molecule has 0 aliphatic carbocycles. The molecule has 0 saturated carbocycles. The van der Waals surface area contributed by atoms with Gasteiger partial charge in [0.25, 0.3) is 0 Å². The molecule has 0 amide bonds. The third kappa shape index (κ3) is 3.79. The van der Waals surface area contributed by atoms with Gasteiger partial charge in [-0.25, -0.2) is 8.42 Å². The first-order chi connectivity index (χ1) is 9.86. The second-order valence-electron chi connectivity index (χ2n) is 5.57. The van der Waals surface area contributed by atoms with Gasteiger partial charge < -0.3 is 4.90 Å². The molecule has 1 saturated heterocycles. The van der Waals surface area contributed by atoms with E-state index in [0.29, 0.717) is 21.8 Å². The van der Waals surface area contributed by atoms with Crippen LogP contribution >= 0.6 is 27.5 Å². The number of halogens is 2. The van der Waals surface area contributed by atoms with Crippen molar-refractivity contribution >= 4 is 37.6 Å². The Morgan fingerprint density at radius 3 is 2.76 bits per heavy atom. The Morgan fingerprint density at radius 1 is 1.43 bits per heavy atom. The van der Waals surface area contributed by atoms with Crippen molar-refractivity contribution in [1.29, 1.82) is 0 Å². The summed E-state index contributed by atoms with van der Waals surface area (Å²) in [6.45, 7) is 1.32. The largest absolute Gasteiger partial charge is 0.308 e. The summed E-state index contributed by atoms with van der Waals surface area (Å²) in [5, 5.41) is 0. The zero-order valence-corrected chi connectivity index (χ0v) is 15.4. The molecule has 21 heavy (non-hydrogen) atoms.